The minimum absolute atomic E-state index is 0.116. The molecule has 1 atom stereocenters. The van der Waals surface area contributed by atoms with Crippen LogP contribution in [-0.4, -0.2) is 34.9 Å². The largest absolute Gasteiger partial charge is 0.324 e. The number of amides is 2. The molecule has 0 bridgehead atoms. The molecule has 0 spiro atoms. The maximum absolute atomic E-state index is 12.4. The van der Waals surface area contributed by atoms with E-state index in [1.54, 1.807) is 18.2 Å². The highest BCUT2D eigenvalue weighted by molar-refractivity contribution is 6.30. The first-order valence-corrected chi connectivity index (χ1v) is 8.61. The molecule has 2 aromatic rings. The first kappa shape index (κ1) is 18.8. The summed E-state index contributed by atoms with van der Waals surface area (Å²) in [7, 11) is 0. The number of hydrogen-bond acceptors (Lipinski definition) is 5. The molecule has 0 aliphatic carbocycles. The van der Waals surface area contributed by atoms with Crippen molar-refractivity contribution >= 4 is 34.8 Å². The minimum atomic E-state index is -0.537. The van der Waals surface area contributed by atoms with Crippen molar-refractivity contribution in [2.24, 2.45) is 0 Å². The van der Waals surface area contributed by atoms with Gasteiger partial charge in [0.05, 0.1) is 11.6 Å². The Bertz CT molecular complexity index is 872. The highest BCUT2D eigenvalue weighted by Gasteiger charge is 2.27. The standard InChI is InChI=1S/C18H17ClN4O4/c19-13-6-4-12(5-7-13)16-9-18(25)22(11-20-16)10-17(24)21-14-2-1-3-15(8-14)23(26)27/h1-8,16,20H,9-11H2,(H,21,24). The zero-order valence-corrected chi connectivity index (χ0v) is 15.0. The molecule has 0 radical (unpaired) electrons. The summed E-state index contributed by atoms with van der Waals surface area (Å²) in [6.45, 7) is 0.0936. The third kappa shape index (κ3) is 4.81. The van der Waals surface area contributed by atoms with E-state index in [0.29, 0.717) is 10.7 Å². The van der Waals surface area contributed by atoms with Crippen LogP contribution in [0.4, 0.5) is 11.4 Å². The number of rotatable bonds is 5. The highest BCUT2D eigenvalue weighted by Crippen LogP contribution is 2.23. The van der Waals surface area contributed by atoms with E-state index in [1.165, 1.54) is 23.1 Å². The summed E-state index contributed by atoms with van der Waals surface area (Å²) < 4.78 is 0. The van der Waals surface area contributed by atoms with Crippen LogP contribution in [0.2, 0.25) is 5.02 Å². The van der Waals surface area contributed by atoms with Crippen molar-refractivity contribution in [1.29, 1.82) is 0 Å². The van der Waals surface area contributed by atoms with E-state index in [2.05, 4.69) is 10.6 Å². The normalized spacial score (nSPS) is 16.9. The van der Waals surface area contributed by atoms with Gasteiger partial charge in [-0.05, 0) is 23.8 Å². The van der Waals surface area contributed by atoms with Crippen LogP contribution in [0, 0.1) is 10.1 Å². The van der Waals surface area contributed by atoms with Crippen LogP contribution in [0.5, 0.6) is 0 Å². The Morgan fingerprint density at radius 1 is 1.30 bits per heavy atom. The summed E-state index contributed by atoms with van der Waals surface area (Å²) in [4.78, 5) is 36.2. The molecule has 2 aromatic carbocycles. The van der Waals surface area contributed by atoms with E-state index in [4.69, 9.17) is 11.6 Å². The number of non-ortho nitro benzene ring substituents is 1. The third-order valence-corrected chi connectivity index (χ3v) is 4.46. The van der Waals surface area contributed by atoms with Gasteiger partial charge in [-0.25, -0.2) is 0 Å². The van der Waals surface area contributed by atoms with E-state index in [0.717, 1.165) is 5.56 Å². The summed E-state index contributed by atoms with van der Waals surface area (Å²) in [6, 6.07) is 12.8. The van der Waals surface area contributed by atoms with Crippen LogP contribution in [0.25, 0.3) is 0 Å². The Balaban J connectivity index is 1.56. The predicted octanol–water partition coefficient (Wildman–Crippen LogP) is 2.71. The van der Waals surface area contributed by atoms with Crippen molar-refractivity contribution in [2.75, 3.05) is 18.5 Å². The topological polar surface area (TPSA) is 105 Å². The van der Waals surface area contributed by atoms with Gasteiger partial charge in [0.1, 0.15) is 6.54 Å². The van der Waals surface area contributed by atoms with Gasteiger partial charge in [0, 0.05) is 35.3 Å². The molecule has 2 N–H and O–H groups in total. The molecule has 0 aromatic heterocycles. The van der Waals surface area contributed by atoms with Gasteiger partial charge in [-0.3, -0.25) is 25.0 Å². The molecular weight excluding hydrogens is 372 g/mol. The smallest absolute Gasteiger partial charge is 0.271 e. The van der Waals surface area contributed by atoms with Gasteiger partial charge in [-0.15, -0.1) is 0 Å². The first-order valence-electron chi connectivity index (χ1n) is 8.23. The molecule has 1 aliphatic heterocycles. The van der Waals surface area contributed by atoms with E-state index in [9.17, 15) is 19.7 Å². The summed E-state index contributed by atoms with van der Waals surface area (Å²) in [6.07, 6.45) is 0.228. The number of nitrogens with zero attached hydrogens (tertiary/aromatic N) is 2. The van der Waals surface area contributed by atoms with E-state index < -0.39 is 10.8 Å². The number of halogens is 1. The maximum Gasteiger partial charge on any atom is 0.271 e. The van der Waals surface area contributed by atoms with Crippen LogP contribution in [0.15, 0.2) is 48.5 Å². The number of carbonyl (C=O) groups is 2. The van der Waals surface area contributed by atoms with Gasteiger partial charge in [-0.2, -0.15) is 0 Å². The highest BCUT2D eigenvalue weighted by atomic mass is 35.5. The van der Waals surface area contributed by atoms with E-state index >= 15 is 0 Å². The van der Waals surface area contributed by atoms with Gasteiger partial charge in [0.15, 0.2) is 0 Å². The summed E-state index contributed by atoms with van der Waals surface area (Å²) in [5.41, 5.74) is 1.15. The lowest BCUT2D eigenvalue weighted by Crippen LogP contribution is -2.49. The number of anilines is 1. The Morgan fingerprint density at radius 2 is 2.04 bits per heavy atom. The summed E-state index contributed by atoms with van der Waals surface area (Å²) in [5, 5.41) is 17.2. The summed E-state index contributed by atoms with van der Waals surface area (Å²) in [5.74, 6) is -0.571. The summed E-state index contributed by atoms with van der Waals surface area (Å²) >= 11 is 5.88. The molecule has 2 amide bonds. The fraction of sp³-hybridized carbons (Fsp3) is 0.222. The molecule has 1 heterocycles. The number of nitrogens with one attached hydrogen (secondary N) is 2. The fourth-order valence-electron chi connectivity index (χ4n) is 2.83. The second-order valence-corrected chi connectivity index (χ2v) is 6.55. The number of benzene rings is 2. The number of carbonyl (C=O) groups excluding carboxylic acids is 2. The van der Waals surface area contributed by atoms with Crippen molar-refractivity contribution < 1.29 is 14.5 Å². The Labute approximate surface area is 160 Å². The molecule has 1 fully saturated rings. The quantitative estimate of drug-likeness (QED) is 0.605. The SMILES string of the molecule is O=C(CN1CNC(c2ccc(Cl)cc2)CC1=O)Nc1cccc([N+](=O)[O-])c1. The number of nitro groups is 1. The van der Waals surface area contributed by atoms with Crippen LogP contribution in [-0.2, 0) is 9.59 Å². The average Bonchev–Trinajstić information content (AvgIpc) is 2.64. The van der Waals surface area contributed by atoms with Crippen LogP contribution in [0.1, 0.15) is 18.0 Å². The van der Waals surface area contributed by atoms with E-state index in [-0.39, 0.29) is 37.3 Å². The lowest BCUT2D eigenvalue weighted by Gasteiger charge is -2.32. The van der Waals surface area contributed by atoms with Gasteiger partial charge in [0.25, 0.3) is 5.69 Å². The molecule has 9 heteroatoms. The molecule has 1 aliphatic rings. The van der Waals surface area contributed by atoms with Crippen LogP contribution < -0.4 is 10.6 Å². The zero-order chi connectivity index (χ0) is 19.4. The lowest BCUT2D eigenvalue weighted by molar-refractivity contribution is -0.384. The number of nitro benzene ring substituents is 1. The molecule has 3 rings (SSSR count). The zero-order valence-electron chi connectivity index (χ0n) is 14.2. The monoisotopic (exact) mass is 388 g/mol. The molecular formula is C18H17ClN4O4. The third-order valence-electron chi connectivity index (χ3n) is 4.21. The molecule has 1 unspecified atom stereocenters. The van der Waals surface area contributed by atoms with Crippen LogP contribution in [0.3, 0.4) is 0 Å². The molecule has 1 saturated heterocycles. The molecule has 27 heavy (non-hydrogen) atoms. The molecule has 0 saturated carbocycles. The van der Waals surface area contributed by atoms with Crippen molar-refractivity contribution in [3.63, 3.8) is 0 Å². The Kier molecular flexibility index (Phi) is 5.68. The fourth-order valence-corrected chi connectivity index (χ4v) is 2.96. The minimum Gasteiger partial charge on any atom is -0.324 e. The number of hydrogen-bond donors (Lipinski definition) is 2. The average molecular weight is 389 g/mol. The Morgan fingerprint density at radius 3 is 2.70 bits per heavy atom. The predicted molar refractivity (Wildman–Crippen MR) is 100 cm³/mol. The van der Waals surface area contributed by atoms with Crippen molar-refractivity contribution in [3.05, 3.63) is 69.2 Å². The second-order valence-electron chi connectivity index (χ2n) is 6.12. The van der Waals surface area contributed by atoms with Gasteiger partial charge < -0.3 is 10.2 Å². The second kappa shape index (κ2) is 8.15. The Hall–Kier alpha value is -2.97. The van der Waals surface area contributed by atoms with Crippen molar-refractivity contribution in [2.45, 2.75) is 12.5 Å². The molecule has 8 nitrogen and oxygen atoms in total. The molecule has 140 valence electrons. The van der Waals surface area contributed by atoms with Crippen molar-refractivity contribution in [1.82, 2.24) is 10.2 Å². The van der Waals surface area contributed by atoms with Gasteiger partial charge in [-0.1, -0.05) is 29.8 Å². The first-order chi connectivity index (χ1) is 12.9. The maximum atomic E-state index is 12.4. The lowest BCUT2D eigenvalue weighted by atomic mass is 10.0. The van der Waals surface area contributed by atoms with Crippen molar-refractivity contribution in [3.8, 4) is 0 Å². The van der Waals surface area contributed by atoms with E-state index in [1.807, 2.05) is 12.1 Å². The van der Waals surface area contributed by atoms with Gasteiger partial charge in [0.2, 0.25) is 11.8 Å². The van der Waals surface area contributed by atoms with Crippen LogP contribution >= 0.6 is 11.6 Å². The van der Waals surface area contributed by atoms with Gasteiger partial charge >= 0.3 is 0 Å².